The van der Waals surface area contributed by atoms with Crippen LogP contribution in [0.25, 0.3) is 0 Å². The first-order chi connectivity index (χ1) is 10.7. The molecule has 3 rings (SSSR count). The van der Waals surface area contributed by atoms with Crippen molar-refractivity contribution in [3.63, 3.8) is 0 Å². The van der Waals surface area contributed by atoms with Crippen LogP contribution in [0, 0.1) is 0 Å². The Kier molecular flexibility index (Phi) is 3.83. The summed E-state index contributed by atoms with van der Waals surface area (Å²) in [6, 6.07) is 20.0. The van der Waals surface area contributed by atoms with Gasteiger partial charge in [-0.2, -0.15) is 10.2 Å². The number of aliphatic hydroxyl groups excluding tert-OH is 1. The molecule has 0 bridgehead atoms. The molecule has 2 aromatic rings. The second-order valence-electron chi connectivity index (χ2n) is 5.89. The molecule has 22 heavy (non-hydrogen) atoms. The molecule has 3 nitrogen and oxygen atoms in total. The summed E-state index contributed by atoms with van der Waals surface area (Å²) < 4.78 is 0. The molecule has 0 saturated carbocycles. The van der Waals surface area contributed by atoms with E-state index >= 15 is 0 Å². The Hall–Kier alpha value is -2.00. The van der Waals surface area contributed by atoms with Crippen LogP contribution in [0.15, 0.2) is 70.9 Å². The molecule has 1 N–H and O–H groups in total. The summed E-state index contributed by atoms with van der Waals surface area (Å²) in [5, 5.41) is 20.5. The van der Waals surface area contributed by atoms with Crippen LogP contribution in [-0.4, -0.2) is 11.2 Å². The van der Waals surface area contributed by atoms with Crippen LogP contribution in [0.5, 0.6) is 0 Å². The standard InChI is InChI=1S/C19H22N2O/c1-3-18(15-11-7-5-8-12-15)17(22)19(4-2,21-20-18)16-13-9-6-10-14-16/h5-14,17,22H,3-4H2,1-2H3/t18-,19-/m1/s1. The van der Waals surface area contributed by atoms with Gasteiger partial charge in [0.2, 0.25) is 0 Å². The zero-order valence-electron chi connectivity index (χ0n) is 13.1. The molecule has 0 saturated heterocycles. The second kappa shape index (κ2) is 5.65. The predicted octanol–water partition coefficient (Wildman–Crippen LogP) is 4.42. The van der Waals surface area contributed by atoms with Gasteiger partial charge in [0.1, 0.15) is 17.2 Å². The van der Waals surface area contributed by atoms with E-state index in [1.54, 1.807) is 0 Å². The van der Waals surface area contributed by atoms with Crippen molar-refractivity contribution in [3.05, 3.63) is 71.8 Å². The highest BCUT2D eigenvalue weighted by molar-refractivity contribution is 5.35. The third-order valence-electron chi connectivity index (χ3n) is 4.94. The van der Waals surface area contributed by atoms with Crippen molar-refractivity contribution in [3.8, 4) is 0 Å². The average Bonchev–Trinajstić information content (AvgIpc) is 2.90. The summed E-state index contributed by atoms with van der Waals surface area (Å²) in [5.74, 6) is 0. The first kappa shape index (κ1) is 14.9. The van der Waals surface area contributed by atoms with Crippen LogP contribution in [0.3, 0.4) is 0 Å². The molecular formula is C19H22N2O. The topological polar surface area (TPSA) is 45.0 Å². The fourth-order valence-corrected chi connectivity index (χ4v) is 3.50. The van der Waals surface area contributed by atoms with Crippen LogP contribution in [0.4, 0.5) is 0 Å². The van der Waals surface area contributed by atoms with Gasteiger partial charge >= 0.3 is 0 Å². The Balaban J connectivity index is 2.11. The third kappa shape index (κ3) is 2.00. The van der Waals surface area contributed by atoms with E-state index in [-0.39, 0.29) is 0 Å². The molecular weight excluding hydrogens is 272 g/mol. The highest BCUT2D eigenvalue weighted by atomic mass is 16.3. The van der Waals surface area contributed by atoms with Crippen molar-refractivity contribution in [1.29, 1.82) is 0 Å². The predicted molar refractivity (Wildman–Crippen MR) is 87.7 cm³/mol. The Morgan fingerprint density at radius 1 is 0.773 bits per heavy atom. The van der Waals surface area contributed by atoms with Crippen molar-refractivity contribution in [2.75, 3.05) is 0 Å². The highest BCUT2D eigenvalue weighted by Crippen LogP contribution is 2.51. The quantitative estimate of drug-likeness (QED) is 0.891. The summed E-state index contributed by atoms with van der Waals surface area (Å²) in [5.41, 5.74) is 0.736. The van der Waals surface area contributed by atoms with E-state index in [2.05, 4.69) is 24.1 Å². The maximum atomic E-state index is 11.3. The first-order valence-corrected chi connectivity index (χ1v) is 7.93. The summed E-state index contributed by atoms with van der Waals surface area (Å²) in [7, 11) is 0. The van der Waals surface area contributed by atoms with Crippen molar-refractivity contribution in [1.82, 2.24) is 0 Å². The van der Waals surface area contributed by atoms with Crippen LogP contribution >= 0.6 is 0 Å². The van der Waals surface area contributed by atoms with E-state index in [0.29, 0.717) is 0 Å². The minimum absolute atomic E-state index is 0.660. The fourth-order valence-electron chi connectivity index (χ4n) is 3.50. The molecule has 1 heterocycles. The monoisotopic (exact) mass is 294 g/mol. The fraction of sp³-hybridized carbons (Fsp3) is 0.368. The lowest BCUT2D eigenvalue weighted by Crippen LogP contribution is -2.46. The zero-order chi connectivity index (χ0) is 15.6. The van der Waals surface area contributed by atoms with Crippen LogP contribution in [0.1, 0.15) is 37.8 Å². The molecule has 3 heteroatoms. The Labute approximate surface area is 131 Å². The molecule has 0 fully saturated rings. The number of hydrogen-bond acceptors (Lipinski definition) is 3. The summed E-state index contributed by atoms with van der Waals surface area (Å²) in [4.78, 5) is 0. The lowest BCUT2D eigenvalue weighted by molar-refractivity contribution is 0.0371. The molecule has 1 aliphatic heterocycles. The van der Waals surface area contributed by atoms with Gasteiger partial charge in [-0.05, 0) is 24.0 Å². The highest BCUT2D eigenvalue weighted by Gasteiger charge is 2.56. The first-order valence-electron chi connectivity index (χ1n) is 7.93. The number of hydrogen-bond donors (Lipinski definition) is 1. The van der Waals surface area contributed by atoms with Gasteiger partial charge in [0, 0.05) is 0 Å². The molecule has 0 spiro atoms. The van der Waals surface area contributed by atoms with E-state index in [9.17, 15) is 5.11 Å². The second-order valence-corrected chi connectivity index (χ2v) is 5.89. The minimum Gasteiger partial charge on any atom is -0.387 e. The summed E-state index contributed by atoms with van der Waals surface area (Å²) >= 11 is 0. The Morgan fingerprint density at radius 2 is 1.14 bits per heavy atom. The normalized spacial score (nSPS) is 28.1. The smallest absolute Gasteiger partial charge is 0.135 e. The average molecular weight is 294 g/mol. The number of rotatable bonds is 4. The van der Waals surface area contributed by atoms with Gasteiger partial charge in [-0.15, -0.1) is 0 Å². The van der Waals surface area contributed by atoms with Crippen LogP contribution in [0.2, 0.25) is 0 Å². The summed E-state index contributed by atoms with van der Waals surface area (Å²) in [6.07, 6.45) is 0.770. The molecule has 0 aromatic heterocycles. The Morgan fingerprint density at radius 3 is 1.45 bits per heavy atom. The van der Waals surface area contributed by atoms with E-state index in [1.807, 2.05) is 60.7 Å². The van der Waals surface area contributed by atoms with E-state index in [4.69, 9.17) is 0 Å². The maximum Gasteiger partial charge on any atom is 0.135 e. The van der Waals surface area contributed by atoms with Gasteiger partial charge in [0.05, 0.1) is 0 Å². The van der Waals surface area contributed by atoms with Crippen molar-refractivity contribution >= 4 is 0 Å². The minimum atomic E-state index is -0.667. The number of nitrogens with zero attached hydrogens (tertiary/aromatic N) is 2. The van der Waals surface area contributed by atoms with Gasteiger partial charge in [-0.3, -0.25) is 0 Å². The molecule has 0 unspecified atom stereocenters. The van der Waals surface area contributed by atoms with E-state index < -0.39 is 17.2 Å². The van der Waals surface area contributed by atoms with Gasteiger partial charge in [0.25, 0.3) is 0 Å². The lowest BCUT2D eigenvalue weighted by Gasteiger charge is -2.36. The van der Waals surface area contributed by atoms with Crippen molar-refractivity contribution in [2.45, 2.75) is 43.9 Å². The molecule has 0 aliphatic carbocycles. The molecule has 1 aliphatic rings. The number of benzene rings is 2. The van der Waals surface area contributed by atoms with Gasteiger partial charge in [-0.25, -0.2) is 0 Å². The van der Waals surface area contributed by atoms with Gasteiger partial charge < -0.3 is 5.11 Å². The van der Waals surface area contributed by atoms with Gasteiger partial charge in [0.15, 0.2) is 0 Å². The Bertz CT molecular complexity index is 598. The molecule has 0 amide bonds. The van der Waals surface area contributed by atoms with Gasteiger partial charge in [-0.1, -0.05) is 74.5 Å². The van der Waals surface area contributed by atoms with Crippen molar-refractivity contribution < 1.29 is 5.11 Å². The molecule has 2 atom stereocenters. The number of aliphatic hydroxyl groups is 1. The van der Waals surface area contributed by atoms with Crippen LogP contribution in [-0.2, 0) is 11.1 Å². The maximum absolute atomic E-state index is 11.3. The van der Waals surface area contributed by atoms with Crippen LogP contribution < -0.4 is 0 Å². The van der Waals surface area contributed by atoms with Crippen molar-refractivity contribution in [2.24, 2.45) is 10.2 Å². The molecule has 2 aromatic carbocycles. The van der Waals surface area contributed by atoms with E-state index in [1.165, 1.54) is 0 Å². The largest absolute Gasteiger partial charge is 0.387 e. The lowest BCUT2D eigenvalue weighted by atomic mass is 9.71. The SMILES string of the molecule is CC[C@]1(c2ccccc2)N=N[C@](CC)(c2ccccc2)C1O. The molecule has 114 valence electrons. The zero-order valence-corrected chi connectivity index (χ0v) is 13.1. The number of azo groups is 1. The summed E-state index contributed by atoms with van der Waals surface area (Å²) in [6.45, 7) is 4.12. The van der Waals surface area contributed by atoms with E-state index in [0.717, 1.165) is 24.0 Å². The molecule has 0 radical (unpaired) electrons. The third-order valence-corrected chi connectivity index (χ3v) is 4.94.